The van der Waals surface area contributed by atoms with Crippen LogP contribution < -0.4 is 14.8 Å². The number of carbonyl (C=O) groups is 1. The van der Waals surface area contributed by atoms with E-state index in [0.717, 1.165) is 11.3 Å². The molecule has 1 atom stereocenters. The maximum absolute atomic E-state index is 12.7. The van der Waals surface area contributed by atoms with Gasteiger partial charge in [0.15, 0.2) is 0 Å². The van der Waals surface area contributed by atoms with Crippen LogP contribution in [0.2, 0.25) is 0 Å². The molecule has 0 aliphatic rings. The molecule has 3 rings (SSSR count). The first kappa shape index (κ1) is 19.5. The molecule has 3 aromatic carbocycles. The average molecular weight is 375 g/mol. The summed E-state index contributed by atoms with van der Waals surface area (Å²) in [7, 11) is 0. The van der Waals surface area contributed by atoms with Gasteiger partial charge in [-0.25, -0.2) is 0 Å². The molecule has 0 fully saturated rings. The van der Waals surface area contributed by atoms with Gasteiger partial charge in [-0.15, -0.1) is 0 Å². The zero-order valence-electron chi connectivity index (χ0n) is 16.2. The minimum atomic E-state index is -0.177. The summed E-state index contributed by atoms with van der Waals surface area (Å²) in [6.07, 6.45) is 0. The maximum atomic E-state index is 12.7. The summed E-state index contributed by atoms with van der Waals surface area (Å²) in [5.41, 5.74) is 2.75. The number of para-hydroxylation sites is 1. The van der Waals surface area contributed by atoms with Crippen LogP contribution in [0.25, 0.3) is 0 Å². The van der Waals surface area contributed by atoms with Gasteiger partial charge in [0, 0.05) is 0 Å². The minimum absolute atomic E-state index is 0.143. The number of benzene rings is 3. The van der Waals surface area contributed by atoms with Crippen LogP contribution in [0.3, 0.4) is 0 Å². The lowest BCUT2D eigenvalue weighted by Gasteiger charge is -2.17. The standard InChI is InChI=1S/C24H25NO3/c1-18-12-14-21(15-13-18)27-16-19(2)25-24(26)22-10-6-7-11-23(22)28-17-20-8-4-3-5-9-20/h3-15,19H,16-17H2,1-2H3,(H,25,26)/t19-/m1/s1. The van der Waals surface area contributed by atoms with Crippen LogP contribution in [-0.2, 0) is 6.61 Å². The van der Waals surface area contributed by atoms with E-state index in [9.17, 15) is 4.79 Å². The Morgan fingerprint density at radius 3 is 2.32 bits per heavy atom. The van der Waals surface area contributed by atoms with Crippen molar-refractivity contribution in [3.63, 3.8) is 0 Å². The summed E-state index contributed by atoms with van der Waals surface area (Å²) >= 11 is 0. The zero-order valence-corrected chi connectivity index (χ0v) is 16.2. The molecule has 0 radical (unpaired) electrons. The van der Waals surface area contributed by atoms with Crippen LogP contribution in [0.1, 0.15) is 28.4 Å². The zero-order chi connectivity index (χ0) is 19.8. The topological polar surface area (TPSA) is 47.6 Å². The Bertz CT molecular complexity index is 891. The first-order chi connectivity index (χ1) is 13.6. The lowest BCUT2D eigenvalue weighted by molar-refractivity contribution is 0.0922. The molecule has 3 aromatic rings. The molecular formula is C24H25NO3. The van der Waals surface area contributed by atoms with Crippen molar-refractivity contribution in [1.82, 2.24) is 5.32 Å². The Morgan fingerprint density at radius 2 is 1.57 bits per heavy atom. The molecular weight excluding hydrogens is 350 g/mol. The summed E-state index contributed by atoms with van der Waals surface area (Å²) in [5.74, 6) is 1.18. The van der Waals surface area contributed by atoms with E-state index in [1.54, 1.807) is 6.07 Å². The van der Waals surface area contributed by atoms with Crippen LogP contribution in [0.4, 0.5) is 0 Å². The quantitative estimate of drug-likeness (QED) is 0.617. The Labute approximate surface area is 166 Å². The van der Waals surface area contributed by atoms with Crippen LogP contribution in [0, 0.1) is 6.92 Å². The van der Waals surface area contributed by atoms with Gasteiger partial charge in [0.2, 0.25) is 0 Å². The van der Waals surface area contributed by atoms with Crippen LogP contribution in [0.15, 0.2) is 78.9 Å². The molecule has 4 nitrogen and oxygen atoms in total. The van der Waals surface area contributed by atoms with Crippen molar-refractivity contribution in [3.8, 4) is 11.5 Å². The molecule has 144 valence electrons. The highest BCUT2D eigenvalue weighted by Crippen LogP contribution is 2.19. The molecule has 0 spiro atoms. The van der Waals surface area contributed by atoms with Crippen LogP contribution in [-0.4, -0.2) is 18.6 Å². The van der Waals surface area contributed by atoms with Crippen molar-refractivity contribution in [2.45, 2.75) is 26.5 Å². The molecule has 0 aromatic heterocycles. The van der Waals surface area contributed by atoms with Crippen molar-refractivity contribution in [2.24, 2.45) is 0 Å². The van der Waals surface area contributed by atoms with Gasteiger partial charge < -0.3 is 14.8 Å². The van der Waals surface area contributed by atoms with E-state index in [4.69, 9.17) is 9.47 Å². The highest BCUT2D eigenvalue weighted by molar-refractivity contribution is 5.97. The first-order valence-electron chi connectivity index (χ1n) is 9.38. The Kier molecular flexibility index (Phi) is 6.68. The molecule has 0 saturated heterocycles. The molecule has 1 N–H and O–H groups in total. The second-order valence-electron chi connectivity index (χ2n) is 6.77. The molecule has 0 saturated carbocycles. The fraction of sp³-hybridized carbons (Fsp3) is 0.208. The number of rotatable bonds is 8. The van der Waals surface area contributed by atoms with E-state index in [-0.39, 0.29) is 11.9 Å². The summed E-state index contributed by atoms with van der Waals surface area (Å²) < 4.78 is 11.6. The Hall–Kier alpha value is -3.27. The summed E-state index contributed by atoms with van der Waals surface area (Å²) in [4.78, 5) is 12.7. The molecule has 4 heteroatoms. The number of ether oxygens (including phenoxy) is 2. The number of aryl methyl sites for hydroxylation is 1. The van der Waals surface area contributed by atoms with E-state index in [0.29, 0.717) is 24.5 Å². The maximum Gasteiger partial charge on any atom is 0.255 e. The van der Waals surface area contributed by atoms with Gasteiger partial charge in [0.05, 0.1) is 11.6 Å². The molecule has 0 heterocycles. The molecule has 0 aliphatic carbocycles. The van der Waals surface area contributed by atoms with Gasteiger partial charge in [-0.2, -0.15) is 0 Å². The van der Waals surface area contributed by atoms with E-state index >= 15 is 0 Å². The number of hydrogen-bond acceptors (Lipinski definition) is 3. The third-order valence-corrected chi connectivity index (χ3v) is 4.27. The van der Waals surface area contributed by atoms with Gasteiger partial charge in [0.1, 0.15) is 24.7 Å². The fourth-order valence-electron chi connectivity index (χ4n) is 2.71. The lowest BCUT2D eigenvalue weighted by atomic mass is 10.1. The smallest absolute Gasteiger partial charge is 0.255 e. The van der Waals surface area contributed by atoms with E-state index in [1.807, 2.05) is 86.6 Å². The predicted molar refractivity (Wildman–Crippen MR) is 111 cm³/mol. The Balaban J connectivity index is 1.56. The van der Waals surface area contributed by atoms with Gasteiger partial charge in [0.25, 0.3) is 5.91 Å². The fourth-order valence-corrected chi connectivity index (χ4v) is 2.71. The van der Waals surface area contributed by atoms with Crippen molar-refractivity contribution in [1.29, 1.82) is 0 Å². The number of nitrogens with one attached hydrogen (secondary N) is 1. The predicted octanol–water partition coefficient (Wildman–Crippen LogP) is 4.77. The van der Waals surface area contributed by atoms with Crippen molar-refractivity contribution >= 4 is 5.91 Å². The number of hydrogen-bond donors (Lipinski definition) is 1. The molecule has 1 amide bonds. The van der Waals surface area contributed by atoms with Crippen molar-refractivity contribution < 1.29 is 14.3 Å². The van der Waals surface area contributed by atoms with Crippen LogP contribution >= 0.6 is 0 Å². The Morgan fingerprint density at radius 1 is 0.893 bits per heavy atom. The SMILES string of the molecule is Cc1ccc(OC[C@@H](C)NC(=O)c2ccccc2OCc2ccccc2)cc1. The summed E-state index contributed by atoms with van der Waals surface area (Å²) in [5, 5.41) is 2.97. The number of amides is 1. The van der Waals surface area contributed by atoms with Crippen LogP contribution in [0.5, 0.6) is 11.5 Å². The van der Waals surface area contributed by atoms with E-state index in [1.165, 1.54) is 5.56 Å². The second kappa shape index (κ2) is 9.60. The van der Waals surface area contributed by atoms with Crippen molar-refractivity contribution in [2.75, 3.05) is 6.61 Å². The highest BCUT2D eigenvalue weighted by atomic mass is 16.5. The van der Waals surface area contributed by atoms with Gasteiger partial charge in [-0.3, -0.25) is 4.79 Å². The average Bonchev–Trinajstić information content (AvgIpc) is 2.73. The molecule has 0 bridgehead atoms. The third kappa shape index (κ3) is 5.61. The molecule has 0 aliphatic heterocycles. The van der Waals surface area contributed by atoms with E-state index in [2.05, 4.69) is 5.32 Å². The van der Waals surface area contributed by atoms with Gasteiger partial charge in [-0.1, -0.05) is 60.2 Å². The largest absolute Gasteiger partial charge is 0.491 e. The summed E-state index contributed by atoms with van der Waals surface area (Å²) in [6.45, 7) is 4.75. The summed E-state index contributed by atoms with van der Waals surface area (Å²) in [6, 6.07) is 24.9. The normalized spacial score (nSPS) is 11.5. The highest BCUT2D eigenvalue weighted by Gasteiger charge is 2.15. The minimum Gasteiger partial charge on any atom is -0.491 e. The molecule has 0 unspecified atom stereocenters. The lowest BCUT2D eigenvalue weighted by Crippen LogP contribution is -2.37. The monoisotopic (exact) mass is 375 g/mol. The van der Waals surface area contributed by atoms with Crippen molar-refractivity contribution in [3.05, 3.63) is 95.6 Å². The second-order valence-corrected chi connectivity index (χ2v) is 6.77. The first-order valence-corrected chi connectivity index (χ1v) is 9.38. The van der Waals surface area contributed by atoms with Gasteiger partial charge in [-0.05, 0) is 43.7 Å². The van der Waals surface area contributed by atoms with Gasteiger partial charge >= 0.3 is 0 Å². The molecule has 28 heavy (non-hydrogen) atoms. The third-order valence-electron chi connectivity index (χ3n) is 4.27. The number of carbonyl (C=O) groups excluding carboxylic acids is 1. The van der Waals surface area contributed by atoms with E-state index < -0.39 is 0 Å².